The molecule has 0 aliphatic heterocycles. The molecule has 0 aliphatic carbocycles. The maximum atomic E-state index is 6.01. The highest BCUT2D eigenvalue weighted by molar-refractivity contribution is 6.74. The Labute approximate surface area is 121 Å². The van der Waals surface area contributed by atoms with Crippen molar-refractivity contribution in [2.75, 3.05) is 18.9 Å². The third-order valence-electron chi connectivity index (χ3n) is 3.51. The molecule has 0 aliphatic rings. The smallest absolute Gasteiger partial charge is 0.192 e. The van der Waals surface area contributed by atoms with Gasteiger partial charge in [0.15, 0.2) is 13.5 Å². The Bertz CT molecular complexity index is 433. The van der Waals surface area contributed by atoms with Crippen molar-refractivity contribution in [1.82, 2.24) is 4.98 Å². The number of aromatic nitrogens is 1. The van der Waals surface area contributed by atoms with Gasteiger partial charge in [0.2, 0.25) is 0 Å². The van der Waals surface area contributed by atoms with Crippen LogP contribution in [0.15, 0.2) is 12.3 Å². The first-order chi connectivity index (χ1) is 8.65. The van der Waals surface area contributed by atoms with Crippen molar-refractivity contribution >= 4 is 25.6 Å². The lowest BCUT2D eigenvalue weighted by molar-refractivity contribution is 0.204. The van der Waals surface area contributed by atoms with Crippen molar-refractivity contribution < 1.29 is 9.16 Å². The van der Waals surface area contributed by atoms with Crippen LogP contribution in [-0.4, -0.2) is 26.5 Å². The van der Waals surface area contributed by atoms with Gasteiger partial charge in [-0.3, -0.25) is 0 Å². The van der Waals surface area contributed by atoms with Crippen LogP contribution in [0.4, 0.5) is 5.69 Å². The molecule has 4 nitrogen and oxygen atoms in total. The molecule has 0 bridgehead atoms. The minimum Gasteiger partial charge on any atom is -0.489 e. The van der Waals surface area contributed by atoms with Crippen LogP contribution in [-0.2, 0) is 4.43 Å². The molecule has 6 heteroatoms. The molecular weight excluding hydrogens is 280 g/mol. The van der Waals surface area contributed by atoms with Crippen LogP contribution in [0, 0.1) is 0 Å². The van der Waals surface area contributed by atoms with Crippen LogP contribution < -0.4 is 10.5 Å². The molecule has 19 heavy (non-hydrogen) atoms. The van der Waals surface area contributed by atoms with E-state index in [-0.39, 0.29) is 10.2 Å². The summed E-state index contributed by atoms with van der Waals surface area (Å²) in [5.41, 5.74) is 6.14. The number of nitrogen functional groups attached to an aromatic ring is 1. The van der Waals surface area contributed by atoms with Gasteiger partial charge in [0.1, 0.15) is 18.0 Å². The fourth-order valence-electron chi connectivity index (χ4n) is 1.22. The number of hydrogen-bond donors (Lipinski definition) is 1. The van der Waals surface area contributed by atoms with Crippen LogP contribution in [0.25, 0.3) is 0 Å². The molecule has 2 N–H and O–H groups in total. The molecule has 0 atom stereocenters. The summed E-state index contributed by atoms with van der Waals surface area (Å²) in [6.45, 7) is 12.1. The van der Waals surface area contributed by atoms with E-state index in [1.807, 2.05) is 0 Å². The second kappa shape index (κ2) is 6.11. The Morgan fingerprint density at radius 1 is 1.32 bits per heavy atom. The van der Waals surface area contributed by atoms with E-state index in [1.54, 1.807) is 12.3 Å². The lowest BCUT2D eigenvalue weighted by atomic mass is 10.2. The molecule has 0 fully saturated rings. The third kappa shape index (κ3) is 4.37. The first kappa shape index (κ1) is 16.3. The van der Waals surface area contributed by atoms with E-state index in [0.717, 1.165) is 0 Å². The van der Waals surface area contributed by atoms with E-state index in [9.17, 15) is 0 Å². The molecule has 0 unspecified atom stereocenters. The predicted molar refractivity (Wildman–Crippen MR) is 82.3 cm³/mol. The quantitative estimate of drug-likeness (QED) is 0.512. The van der Waals surface area contributed by atoms with E-state index < -0.39 is 8.32 Å². The van der Waals surface area contributed by atoms with Gasteiger partial charge in [0.05, 0.1) is 6.61 Å². The van der Waals surface area contributed by atoms with Crippen molar-refractivity contribution in [2.24, 2.45) is 0 Å². The van der Waals surface area contributed by atoms with Crippen LogP contribution in [0.5, 0.6) is 5.75 Å². The van der Waals surface area contributed by atoms with Gasteiger partial charge < -0.3 is 14.9 Å². The first-order valence-corrected chi connectivity index (χ1v) is 9.60. The lowest BCUT2D eigenvalue weighted by Gasteiger charge is -2.36. The zero-order valence-corrected chi connectivity index (χ0v) is 14.0. The maximum Gasteiger partial charge on any atom is 0.192 e. The number of pyridine rings is 1. The van der Waals surface area contributed by atoms with Gasteiger partial charge in [-0.25, -0.2) is 4.98 Å². The number of halogens is 1. The van der Waals surface area contributed by atoms with Gasteiger partial charge in [-0.05, 0) is 18.1 Å². The average molecular weight is 303 g/mol. The van der Waals surface area contributed by atoms with E-state index in [0.29, 0.717) is 24.7 Å². The molecule has 1 aromatic heterocycles. The number of anilines is 1. The zero-order chi connectivity index (χ0) is 14.7. The summed E-state index contributed by atoms with van der Waals surface area (Å²) < 4.78 is 11.6. The Morgan fingerprint density at radius 3 is 2.53 bits per heavy atom. The highest BCUT2D eigenvalue weighted by atomic mass is 35.5. The first-order valence-electron chi connectivity index (χ1n) is 6.32. The second-order valence-corrected chi connectivity index (χ2v) is 11.1. The van der Waals surface area contributed by atoms with E-state index in [1.165, 1.54) is 0 Å². The van der Waals surface area contributed by atoms with Crippen molar-refractivity contribution in [3.05, 3.63) is 17.4 Å². The van der Waals surface area contributed by atoms with Crippen molar-refractivity contribution in [3.8, 4) is 5.75 Å². The monoisotopic (exact) mass is 302 g/mol. The van der Waals surface area contributed by atoms with Gasteiger partial charge >= 0.3 is 0 Å². The summed E-state index contributed by atoms with van der Waals surface area (Å²) in [6.07, 6.45) is 1.57. The topological polar surface area (TPSA) is 57.4 Å². The average Bonchev–Trinajstić information content (AvgIpc) is 2.28. The van der Waals surface area contributed by atoms with E-state index >= 15 is 0 Å². The summed E-state index contributed by atoms with van der Waals surface area (Å²) in [6, 6.07) is 1.70. The number of rotatable bonds is 5. The largest absolute Gasteiger partial charge is 0.489 e. The van der Waals surface area contributed by atoms with Crippen LogP contribution in [0.3, 0.4) is 0 Å². The Kier molecular flexibility index (Phi) is 5.23. The minimum atomic E-state index is -1.72. The molecule has 108 valence electrons. The van der Waals surface area contributed by atoms with Gasteiger partial charge in [0, 0.05) is 12.3 Å². The summed E-state index contributed by atoms with van der Waals surface area (Å²) in [4.78, 5) is 3.88. The Morgan fingerprint density at radius 2 is 1.95 bits per heavy atom. The zero-order valence-electron chi connectivity index (χ0n) is 12.3. The van der Waals surface area contributed by atoms with Crippen molar-refractivity contribution in [1.29, 1.82) is 0 Å². The predicted octanol–water partition coefficient (Wildman–Crippen LogP) is 3.72. The molecule has 0 radical (unpaired) electrons. The fraction of sp³-hybridized carbons (Fsp3) is 0.615. The molecular formula is C13H23ClN2O2Si. The van der Waals surface area contributed by atoms with Crippen molar-refractivity contribution in [3.63, 3.8) is 0 Å². The van der Waals surface area contributed by atoms with Crippen LogP contribution >= 0.6 is 11.6 Å². The molecule has 1 aromatic rings. The van der Waals surface area contributed by atoms with Gasteiger partial charge in [-0.2, -0.15) is 0 Å². The normalized spacial score (nSPS) is 12.5. The molecule has 0 saturated carbocycles. The fourth-order valence-corrected chi connectivity index (χ4v) is 2.40. The molecule has 0 amide bonds. The summed E-state index contributed by atoms with van der Waals surface area (Å²) in [7, 11) is -1.72. The van der Waals surface area contributed by atoms with E-state index in [2.05, 4.69) is 38.8 Å². The molecule has 0 saturated heterocycles. The van der Waals surface area contributed by atoms with Gasteiger partial charge in [0.25, 0.3) is 0 Å². The van der Waals surface area contributed by atoms with Crippen LogP contribution in [0.1, 0.15) is 20.8 Å². The van der Waals surface area contributed by atoms with Gasteiger partial charge in [-0.15, -0.1) is 0 Å². The summed E-state index contributed by atoms with van der Waals surface area (Å²) >= 11 is 5.82. The van der Waals surface area contributed by atoms with Crippen LogP contribution in [0.2, 0.25) is 23.3 Å². The standard InChI is InChI=1S/C13H23ClN2O2Si/c1-13(2,3)19(4,5)18-9-8-17-10-6-7-16-12(14)11(10)15/h6-7H,8-9,15H2,1-5H3. The second-order valence-electron chi connectivity index (χ2n) is 5.97. The van der Waals surface area contributed by atoms with E-state index in [4.69, 9.17) is 26.5 Å². The molecule has 1 heterocycles. The number of nitrogens with two attached hydrogens (primary N) is 1. The maximum absolute atomic E-state index is 6.01. The highest BCUT2D eigenvalue weighted by Crippen LogP contribution is 2.36. The van der Waals surface area contributed by atoms with Gasteiger partial charge in [-0.1, -0.05) is 32.4 Å². The number of nitrogens with zero attached hydrogens (tertiary/aromatic N) is 1. The molecule has 0 spiro atoms. The molecule has 0 aromatic carbocycles. The number of hydrogen-bond acceptors (Lipinski definition) is 4. The summed E-state index contributed by atoms with van der Waals surface area (Å²) in [5, 5.41) is 0.467. The summed E-state index contributed by atoms with van der Waals surface area (Å²) in [5.74, 6) is 0.554. The Hall–Kier alpha value is -0.783. The molecule has 1 rings (SSSR count). The third-order valence-corrected chi connectivity index (χ3v) is 8.35. The SMILES string of the molecule is CC(C)(C)[Si](C)(C)OCCOc1ccnc(Cl)c1N. The Balaban J connectivity index is 2.46. The number of ether oxygens (including phenoxy) is 1. The highest BCUT2D eigenvalue weighted by Gasteiger charge is 2.36. The lowest BCUT2D eigenvalue weighted by Crippen LogP contribution is -2.41. The van der Waals surface area contributed by atoms with Crippen molar-refractivity contribution in [2.45, 2.75) is 38.9 Å². The minimum absolute atomic E-state index is 0.200.